The zero-order valence-corrected chi connectivity index (χ0v) is 20.3. The van der Waals surface area contributed by atoms with E-state index < -0.39 is 0 Å². The molecule has 0 aromatic rings. The Bertz CT molecular complexity index is 131. The van der Waals surface area contributed by atoms with Crippen LogP contribution in [0.5, 0.6) is 0 Å². The van der Waals surface area contributed by atoms with Gasteiger partial charge in [0, 0.05) is 47.5 Å². The van der Waals surface area contributed by atoms with E-state index in [9.17, 15) is 0 Å². The Morgan fingerprint density at radius 1 is 0.440 bits per heavy atom. The van der Waals surface area contributed by atoms with Crippen LogP contribution in [0.25, 0.3) is 0 Å². The fourth-order valence-electron chi connectivity index (χ4n) is 2.55. The third-order valence-electron chi connectivity index (χ3n) is 3.85. The quantitative estimate of drug-likeness (QED) is 0.219. The average Bonchev–Trinajstić information content (AvgIpc) is 2.67. The Hall–Kier alpha value is 0.763. The van der Waals surface area contributed by atoms with Gasteiger partial charge < -0.3 is 22.2 Å². The molecule has 0 amide bonds. The summed E-state index contributed by atoms with van der Waals surface area (Å²) in [6.45, 7) is 6.18. The molecule has 0 unspecified atom stereocenters. The molecular weight excluding hydrogens is 391 g/mol. The summed E-state index contributed by atoms with van der Waals surface area (Å²) in [5, 5.41) is 21.0. The standard InChI is InChI=1S/C18H37.3CH4O.Zr/c1-3-5-7-9-11-13-15-17-18-16-14-12-10-8-6-4-2;3*1-2;/h1,3-18H2,2H3;3*2H,1H3;/q-1;;;;. The molecule has 0 aromatic heterocycles. The van der Waals surface area contributed by atoms with E-state index in [-0.39, 0.29) is 26.2 Å². The number of aliphatic hydroxyl groups is 3. The van der Waals surface area contributed by atoms with E-state index >= 15 is 0 Å². The fraction of sp³-hybridized carbons (Fsp3) is 0.952. The zero-order valence-electron chi connectivity index (χ0n) is 17.9. The topological polar surface area (TPSA) is 60.7 Å². The maximum absolute atomic E-state index is 7.00. The van der Waals surface area contributed by atoms with Gasteiger partial charge >= 0.3 is 0 Å². The number of aliphatic hydroxyl groups excluding tert-OH is 3. The van der Waals surface area contributed by atoms with E-state index in [0.29, 0.717) is 0 Å². The second-order valence-electron chi connectivity index (χ2n) is 5.80. The molecule has 3 nitrogen and oxygen atoms in total. The summed E-state index contributed by atoms with van der Waals surface area (Å²) in [6.07, 6.45) is 22.8. The van der Waals surface area contributed by atoms with Gasteiger partial charge in [0.25, 0.3) is 0 Å². The molecular formula is C21H49O3Zr-. The van der Waals surface area contributed by atoms with Crippen molar-refractivity contribution in [3.63, 3.8) is 0 Å². The SMILES string of the molecule is CO.CO.CO.[CH2-]CCCCCCCCCCCCCCCCC.[Zr]. The molecule has 25 heavy (non-hydrogen) atoms. The Morgan fingerprint density at radius 3 is 0.840 bits per heavy atom. The molecule has 0 atom stereocenters. The number of hydrogen-bond acceptors (Lipinski definition) is 3. The van der Waals surface area contributed by atoms with Gasteiger partial charge in [-0.25, -0.2) is 0 Å². The largest absolute Gasteiger partial charge is 0.400 e. The van der Waals surface area contributed by atoms with Crippen molar-refractivity contribution in [2.45, 2.75) is 110 Å². The molecule has 0 fully saturated rings. The molecule has 0 saturated carbocycles. The first-order chi connectivity index (χ1) is 11.9. The van der Waals surface area contributed by atoms with E-state index in [2.05, 4.69) is 13.8 Å². The molecule has 0 heterocycles. The van der Waals surface area contributed by atoms with E-state index in [4.69, 9.17) is 15.3 Å². The summed E-state index contributed by atoms with van der Waals surface area (Å²) in [7, 11) is 3.00. The smallest absolute Gasteiger partial charge is 0.0319 e. The van der Waals surface area contributed by atoms with Crippen LogP contribution in [-0.4, -0.2) is 36.6 Å². The van der Waals surface area contributed by atoms with Gasteiger partial charge in [0.05, 0.1) is 0 Å². The minimum atomic E-state index is 0. The summed E-state index contributed by atoms with van der Waals surface area (Å²) < 4.78 is 0. The summed E-state index contributed by atoms with van der Waals surface area (Å²) in [5.74, 6) is 0. The molecule has 0 aromatic carbocycles. The molecule has 0 saturated heterocycles. The van der Waals surface area contributed by atoms with Gasteiger partial charge in [-0.1, -0.05) is 103 Å². The van der Waals surface area contributed by atoms with Crippen molar-refractivity contribution in [1.82, 2.24) is 0 Å². The molecule has 0 rings (SSSR count). The molecule has 0 radical (unpaired) electrons. The summed E-state index contributed by atoms with van der Waals surface area (Å²) in [4.78, 5) is 0. The molecule has 3 N–H and O–H groups in total. The van der Waals surface area contributed by atoms with Crippen LogP contribution in [0.15, 0.2) is 0 Å². The first-order valence-electron chi connectivity index (χ1n) is 10.0. The monoisotopic (exact) mass is 439 g/mol. The van der Waals surface area contributed by atoms with Gasteiger partial charge in [0.1, 0.15) is 0 Å². The van der Waals surface area contributed by atoms with Crippen molar-refractivity contribution in [3.8, 4) is 0 Å². The van der Waals surface area contributed by atoms with Crippen molar-refractivity contribution < 1.29 is 41.5 Å². The third-order valence-corrected chi connectivity index (χ3v) is 3.85. The Labute approximate surface area is 179 Å². The molecule has 0 spiro atoms. The average molecular weight is 441 g/mol. The predicted octanol–water partition coefficient (Wildman–Crippen LogP) is 5.90. The van der Waals surface area contributed by atoms with Crippen molar-refractivity contribution in [2.24, 2.45) is 0 Å². The molecule has 0 aliphatic heterocycles. The molecule has 0 aliphatic rings. The zero-order chi connectivity index (χ0) is 19.3. The van der Waals surface area contributed by atoms with Gasteiger partial charge in [0.2, 0.25) is 0 Å². The first kappa shape index (κ1) is 36.6. The summed E-state index contributed by atoms with van der Waals surface area (Å²) in [6, 6.07) is 0. The number of hydrogen-bond donors (Lipinski definition) is 3. The van der Waals surface area contributed by atoms with E-state index in [1.54, 1.807) is 0 Å². The second kappa shape index (κ2) is 49.8. The summed E-state index contributed by atoms with van der Waals surface area (Å²) in [5.41, 5.74) is 0. The molecule has 0 aliphatic carbocycles. The fourth-order valence-corrected chi connectivity index (χ4v) is 2.55. The van der Waals surface area contributed by atoms with E-state index in [0.717, 1.165) is 27.8 Å². The van der Waals surface area contributed by atoms with Crippen LogP contribution in [0.4, 0.5) is 0 Å². The van der Waals surface area contributed by atoms with Crippen LogP contribution in [-0.2, 0) is 26.2 Å². The van der Waals surface area contributed by atoms with Crippen LogP contribution < -0.4 is 0 Å². The molecule has 4 heteroatoms. The Balaban J connectivity index is -0.000000171. The van der Waals surface area contributed by atoms with Gasteiger partial charge in [-0.2, -0.15) is 6.42 Å². The van der Waals surface area contributed by atoms with Crippen LogP contribution in [0, 0.1) is 6.92 Å². The maximum Gasteiger partial charge on any atom is 0.0319 e. The summed E-state index contributed by atoms with van der Waals surface area (Å²) >= 11 is 0. The van der Waals surface area contributed by atoms with Gasteiger partial charge in [-0.05, 0) is 0 Å². The van der Waals surface area contributed by atoms with Crippen LogP contribution >= 0.6 is 0 Å². The van der Waals surface area contributed by atoms with Gasteiger partial charge in [-0.3, -0.25) is 0 Å². The second-order valence-corrected chi connectivity index (χ2v) is 5.80. The van der Waals surface area contributed by atoms with Crippen LogP contribution in [0.1, 0.15) is 110 Å². The molecule has 156 valence electrons. The third kappa shape index (κ3) is 51.6. The van der Waals surface area contributed by atoms with Gasteiger partial charge in [-0.15, -0.1) is 0 Å². The predicted molar refractivity (Wildman–Crippen MR) is 109 cm³/mol. The van der Waals surface area contributed by atoms with Gasteiger partial charge in [0.15, 0.2) is 0 Å². The number of unbranched alkanes of at least 4 members (excludes halogenated alkanes) is 15. The van der Waals surface area contributed by atoms with Crippen molar-refractivity contribution in [3.05, 3.63) is 6.92 Å². The van der Waals surface area contributed by atoms with Crippen molar-refractivity contribution in [1.29, 1.82) is 0 Å². The Kier molecular flexibility index (Phi) is 72.9. The molecule has 0 bridgehead atoms. The van der Waals surface area contributed by atoms with Crippen LogP contribution in [0.3, 0.4) is 0 Å². The van der Waals surface area contributed by atoms with E-state index in [1.165, 1.54) is 96.3 Å². The van der Waals surface area contributed by atoms with E-state index in [1.807, 2.05) is 0 Å². The van der Waals surface area contributed by atoms with Crippen molar-refractivity contribution in [2.75, 3.05) is 21.3 Å². The number of rotatable bonds is 15. The maximum atomic E-state index is 7.00. The normalized spacial score (nSPS) is 8.64. The minimum absolute atomic E-state index is 0. The Morgan fingerprint density at radius 2 is 0.640 bits per heavy atom. The first-order valence-corrected chi connectivity index (χ1v) is 10.0. The minimum Gasteiger partial charge on any atom is -0.400 e. The van der Waals surface area contributed by atoms with Crippen LogP contribution in [0.2, 0.25) is 0 Å². The van der Waals surface area contributed by atoms with Crippen molar-refractivity contribution >= 4 is 0 Å².